The highest BCUT2D eigenvalue weighted by Gasteiger charge is 2.11. The molecule has 0 aliphatic heterocycles. The zero-order valence-corrected chi connectivity index (χ0v) is 9.25. The zero-order valence-electron chi connectivity index (χ0n) is 7.62. The molecule has 8 heteroatoms. The number of hydrogen-bond donors (Lipinski definition) is 1. The predicted molar refractivity (Wildman–Crippen MR) is 54.2 cm³/mol. The number of rotatable bonds is 3. The van der Waals surface area contributed by atoms with Crippen LogP contribution in [0.25, 0.3) is 0 Å². The lowest BCUT2D eigenvalue weighted by Crippen LogP contribution is -1.89. The Morgan fingerprint density at radius 2 is 2.47 bits per heavy atom. The van der Waals surface area contributed by atoms with E-state index in [-0.39, 0.29) is 4.88 Å². The minimum Gasteiger partial charge on any atom is -0.477 e. The van der Waals surface area contributed by atoms with Crippen LogP contribution in [0.5, 0.6) is 0 Å². The molecule has 0 unspecified atom stereocenters. The van der Waals surface area contributed by atoms with Gasteiger partial charge in [0.1, 0.15) is 11.2 Å². The zero-order chi connectivity index (χ0) is 10.8. The molecule has 6 nitrogen and oxygen atoms in total. The van der Waals surface area contributed by atoms with Crippen molar-refractivity contribution in [1.29, 1.82) is 0 Å². The summed E-state index contributed by atoms with van der Waals surface area (Å²) in [5, 5.41) is 17.0. The molecule has 0 amide bonds. The number of carbonyl (C=O) groups is 1. The molecule has 0 spiro atoms. The van der Waals surface area contributed by atoms with Gasteiger partial charge in [-0.3, -0.25) is 0 Å². The summed E-state index contributed by atoms with van der Waals surface area (Å²) in [4.78, 5) is 14.8. The molecule has 2 aromatic rings. The normalized spacial score (nSPS) is 10.5. The fraction of sp³-hybridized carbons (Fsp3) is 0.143. The first-order chi connectivity index (χ1) is 7.16. The van der Waals surface area contributed by atoms with E-state index < -0.39 is 5.97 Å². The Balaban J connectivity index is 2.18. The van der Waals surface area contributed by atoms with Gasteiger partial charge < -0.3 is 9.67 Å². The van der Waals surface area contributed by atoms with Gasteiger partial charge in [-0.05, 0) is 11.8 Å². The van der Waals surface area contributed by atoms with Crippen molar-refractivity contribution < 1.29 is 9.90 Å². The van der Waals surface area contributed by atoms with E-state index in [9.17, 15) is 4.79 Å². The Kier molecular flexibility index (Phi) is 2.69. The van der Waals surface area contributed by atoms with Gasteiger partial charge in [-0.15, -0.1) is 21.5 Å². The molecule has 1 N–H and O–H groups in total. The molecular weight excluding hydrogens is 236 g/mol. The molecule has 0 saturated carbocycles. The molecule has 0 saturated heterocycles. The third-order valence-electron chi connectivity index (χ3n) is 1.54. The third kappa shape index (κ3) is 2.16. The highest BCUT2D eigenvalue weighted by Crippen LogP contribution is 2.29. The molecule has 2 heterocycles. The molecule has 0 aliphatic carbocycles. The lowest BCUT2D eigenvalue weighted by atomic mass is 10.6. The van der Waals surface area contributed by atoms with Crippen molar-refractivity contribution in [2.45, 2.75) is 9.50 Å². The fourth-order valence-corrected chi connectivity index (χ4v) is 2.53. The minimum absolute atomic E-state index is 0.222. The molecule has 2 aromatic heterocycles. The van der Waals surface area contributed by atoms with E-state index in [2.05, 4.69) is 15.2 Å². The van der Waals surface area contributed by atoms with Crippen LogP contribution in [-0.2, 0) is 7.05 Å². The summed E-state index contributed by atoms with van der Waals surface area (Å²) in [6, 6.07) is 0. The fourth-order valence-electron chi connectivity index (χ4n) is 0.847. The van der Waals surface area contributed by atoms with Crippen LogP contribution < -0.4 is 0 Å². The van der Waals surface area contributed by atoms with E-state index in [0.717, 1.165) is 11.3 Å². The van der Waals surface area contributed by atoms with Gasteiger partial charge >= 0.3 is 5.97 Å². The quantitative estimate of drug-likeness (QED) is 0.868. The average molecular weight is 242 g/mol. The first-order valence-corrected chi connectivity index (χ1v) is 5.51. The lowest BCUT2D eigenvalue weighted by Gasteiger charge is -1.94. The Bertz CT molecular complexity index is 493. The molecule has 0 bridgehead atoms. The second kappa shape index (κ2) is 3.99. The predicted octanol–water partition coefficient (Wildman–Crippen LogP) is 1.12. The molecule has 0 aromatic carbocycles. The Morgan fingerprint density at radius 3 is 3.00 bits per heavy atom. The molecule has 0 aliphatic rings. The van der Waals surface area contributed by atoms with Gasteiger partial charge in [-0.25, -0.2) is 9.78 Å². The monoisotopic (exact) mass is 242 g/mol. The summed E-state index contributed by atoms with van der Waals surface area (Å²) >= 11 is 2.41. The van der Waals surface area contributed by atoms with Crippen LogP contribution in [0, 0.1) is 0 Å². The number of thiazole rings is 1. The van der Waals surface area contributed by atoms with Crippen LogP contribution in [0.1, 0.15) is 9.67 Å². The van der Waals surface area contributed by atoms with E-state index in [4.69, 9.17) is 5.11 Å². The maximum atomic E-state index is 10.6. The van der Waals surface area contributed by atoms with E-state index in [1.165, 1.54) is 18.0 Å². The number of hydrogen-bond acceptors (Lipinski definition) is 6. The van der Waals surface area contributed by atoms with Gasteiger partial charge in [0.2, 0.25) is 0 Å². The standard InChI is InChI=1S/C7H6N4O2S2/c1-11-3-9-10-6(11)15-7-8-2-4(14-7)5(12)13/h2-3H,1H3,(H,12,13). The van der Waals surface area contributed by atoms with Crippen LogP contribution in [0.2, 0.25) is 0 Å². The van der Waals surface area contributed by atoms with Crippen molar-refractivity contribution in [2.24, 2.45) is 7.05 Å². The summed E-state index contributed by atoms with van der Waals surface area (Å²) in [6.45, 7) is 0. The number of carboxylic acids is 1. The van der Waals surface area contributed by atoms with Crippen molar-refractivity contribution in [2.75, 3.05) is 0 Å². The number of aryl methyl sites for hydroxylation is 1. The van der Waals surface area contributed by atoms with Crippen molar-refractivity contribution in [3.8, 4) is 0 Å². The first-order valence-electron chi connectivity index (χ1n) is 3.88. The second-order valence-corrected chi connectivity index (χ2v) is 4.87. The smallest absolute Gasteiger partial charge is 0.347 e. The topological polar surface area (TPSA) is 80.9 Å². The Morgan fingerprint density at radius 1 is 1.67 bits per heavy atom. The van der Waals surface area contributed by atoms with Gasteiger partial charge in [-0.1, -0.05) is 0 Å². The number of nitrogens with zero attached hydrogens (tertiary/aromatic N) is 4. The minimum atomic E-state index is -0.961. The van der Waals surface area contributed by atoms with Crippen LogP contribution >= 0.6 is 23.1 Å². The summed E-state index contributed by atoms with van der Waals surface area (Å²) < 4.78 is 2.38. The second-order valence-electron chi connectivity index (χ2n) is 2.62. The maximum absolute atomic E-state index is 10.6. The average Bonchev–Trinajstić information content (AvgIpc) is 2.77. The van der Waals surface area contributed by atoms with Crippen molar-refractivity contribution in [1.82, 2.24) is 19.7 Å². The molecule has 0 fully saturated rings. The van der Waals surface area contributed by atoms with Gasteiger partial charge in [0.05, 0.1) is 6.20 Å². The maximum Gasteiger partial charge on any atom is 0.347 e. The lowest BCUT2D eigenvalue weighted by molar-refractivity contribution is 0.0702. The van der Waals surface area contributed by atoms with E-state index in [1.807, 2.05) is 7.05 Å². The molecular formula is C7H6N4O2S2. The largest absolute Gasteiger partial charge is 0.477 e. The van der Waals surface area contributed by atoms with Crippen LogP contribution in [0.3, 0.4) is 0 Å². The SMILES string of the molecule is Cn1cnnc1Sc1ncc(C(=O)O)s1. The Hall–Kier alpha value is -1.41. The van der Waals surface area contributed by atoms with Crippen LogP contribution in [-0.4, -0.2) is 30.8 Å². The van der Waals surface area contributed by atoms with Gasteiger partial charge in [-0.2, -0.15) is 0 Å². The molecule has 15 heavy (non-hydrogen) atoms. The highest BCUT2D eigenvalue weighted by atomic mass is 32.2. The van der Waals surface area contributed by atoms with Gasteiger partial charge in [0.15, 0.2) is 9.50 Å². The molecule has 2 rings (SSSR count). The van der Waals surface area contributed by atoms with Crippen molar-refractivity contribution in [3.63, 3.8) is 0 Å². The van der Waals surface area contributed by atoms with E-state index in [0.29, 0.717) is 9.50 Å². The number of aromatic carboxylic acids is 1. The van der Waals surface area contributed by atoms with Crippen molar-refractivity contribution in [3.05, 3.63) is 17.4 Å². The highest BCUT2D eigenvalue weighted by molar-refractivity contribution is 8.00. The number of carboxylic acid groups (broad SMARTS) is 1. The molecule has 0 radical (unpaired) electrons. The summed E-state index contributed by atoms with van der Waals surface area (Å²) in [6.07, 6.45) is 2.92. The van der Waals surface area contributed by atoms with Gasteiger partial charge in [0.25, 0.3) is 0 Å². The molecule has 0 atom stereocenters. The van der Waals surface area contributed by atoms with Crippen LogP contribution in [0.15, 0.2) is 22.0 Å². The van der Waals surface area contributed by atoms with E-state index in [1.54, 1.807) is 10.9 Å². The number of aromatic nitrogens is 4. The molecule has 78 valence electrons. The summed E-state index contributed by atoms with van der Waals surface area (Å²) in [5.74, 6) is -0.961. The van der Waals surface area contributed by atoms with Crippen molar-refractivity contribution >= 4 is 29.1 Å². The first kappa shape index (κ1) is 10.1. The third-order valence-corrected chi connectivity index (χ3v) is 3.66. The van der Waals surface area contributed by atoms with Crippen LogP contribution in [0.4, 0.5) is 0 Å². The summed E-state index contributed by atoms with van der Waals surface area (Å²) in [7, 11) is 1.81. The Labute approximate surface area is 93.0 Å². The van der Waals surface area contributed by atoms with E-state index >= 15 is 0 Å². The summed E-state index contributed by atoms with van der Waals surface area (Å²) in [5.41, 5.74) is 0. The van der Waals surface area contributed by atoms with Gasteiger partial charge in [0, 0.05) is 7.05 Å².